The second-order valence-corrected chi connectivity index (χ2v) is 6.82. The molecular formula is C23H20F3N3O2. The highest BCUT2D eigenvalue weighted by Gasteiger charge is 2.30. The van der Waals surface area contributed by atoms with Gasteiger partial charge < -0.3 is 10.1 Å². The Bertz CT molecular complexity index is 1260. The van der Waals surface area contributed by atoms with Gasteiger partial charge in [-0.2, -0.15) is 13.2 Å². The number of halogens is 3. The lowest BCUT2D eigenvalue weighted by molar-refractivity contribution is -0.137. The van der Waals surface area contributed by atoms with Crippen molar-refractivity contribution in [1.82, 2.24) is 10.9 Å². The Labute approximate surface area is 177 Å². The van der Waals surface area contributed by atoms with Crippen molar-refractivity contribution in [3.63, 3.8) is 0 Å². The number of ether oxygens (including phenoxy) is 1. The van der Waals surface area contributed by atoms with Gasteiger partial charge in [0.2, 0.25) is 0 Å². The fourth-order valence-electron chi connectivity index (χ4n) is 3.31. The number of esters is 1. The minimum Gasteiger partial charge on any atom is -0.465 e. The van der Waals surface area contributed by atoms with Crippen molar-refractivity contribution in [3.8, 4) is 0 Å². The quantitative estimate of drug-likeness (QED) is 0.559. The van der Waals surface area contributed by atoms with Gasteiger partial charge in [0.25, 0.3) is 0 Å². The minimum absolute atomic E-state index is 0. The number of carbonyl (C=O) groups is 1. The number of anilines is 1. The molecule has 0 fully saturated rings. The number of hydrogen-bond donors (Lipinski definition) is 3. The van der Waals surface area contributed by atoms with Crippen LogP contribution in [-0.4, -0.2) is 13.1 Å². The second kappa shape index (κ2) is 8.06. The van der Waals surface area contributed by atoms with Crippen molar-refractivity contribution >= 4 is 23.2 Å². The molecule has 0 atom stereocenters. The lowest BCUT2D eigenvalue weighted by atomic mass is 10.0. The van der Waals surface area contributed by atoms with Crippen LogP contribution < -0.4 is 26.6 Å². The van der Waals surface area contributed by atoms with E-state index in [-0.39, 0.29) is 1.43 Å². The van der Waals surface area contributed by atoms with Gasteiger partial charge >= 0.3 is 12.1 Å². The van der Waals surface area contributed by atoms with Crippen LogP contribution in [0, 0.1) is 0 Å². The molecule has 31 heavy (non-hydrogen) atoms. The van der Waals surface area contributed by atoms with Crippen LogP contribution in [0.15, 0.2) is 72.8 Å². The molecule has 0 bridgehead atoms. The largest absolute Gasteiger partial charge is 0.465 e. The van der Waals surface area contributed by atoms with Gasteiger partial charge in [-0.15, -0.1) is 0 Å². The van der Waals surface area contributed by atoms with Crippen LogP contribution in [0.4, 0.5) is 18.9 Å². The number of nitrogens with one attached hydrogen (secondary N) is 3. The average Bonchev–Trinajstić information content (AvgIpc) is 2.78. The first kappa shape index (κ1) is 20.3. The standard InChI is InChI=1S/C23H18F3N3O2.H2/c1-31-22(30)15-11-9-14(10-12-15)20-18-7-2-3-8-19(18)21(29-28-20)27-17-6-4-5-16(13-17)23(24,25)26;/h2-13,27-29H,1H3;1H. The summed E-state index contributed by atoms with van der Waals surface area (Å²) in [6.45, 7) is 0. The van der Waals surface area contributed by atoms with Crippen molar-refractivity contribution < 1.29 is 24.1 Å². The zero-order chi connectivity index (χ0) is 22.0. The fraction of sp³-hybridized carbons (Fsp3) is 0.0870. The fourth-order valence-corrected chi connectivity index (χ4v) is 3.31. The third-order valence-electron chi connectivity index (χ3n) is 4.83. The maximum absolute atomic E-state index is 13.0. The molecule has 1 aliphatic rings. The van der Waals surface area contributed by atoms with Crippen molar-refractivity contribution in [2.24, 2.45) is 0 Å². The number of rotatable bonds is 4. The highest BCUT2D eigenvalue weighted by atomic mass is 19.4. The van der Waals surface area contributed by atoms with Gasteiger partial charge in [0.15, 0.2) is 0 Å². The average molecular weight is 427 g/mol. The summed E-state index contributed by atoms with van der Waals surface area (Å²) >= 11 is 0. The predicted molar refractivity (Wildman–Crippen MR) is 113 cm³/mol. The second-order valence-electron chi connectivity index (χ2n) is 6.82. The first-order valence-electron chi connectivity index (χ1n) is 9.35. The number of hydrogen-bond acceptors (Lipinski definition) is 5. The minimum atomic E-state index is -4.42. The number of hydrazine groups is 1. The molecule has 1 aliphatic heterocycles. The zero-order valence-electron chi connectivity index (χ0n) is 16.4. The van der Waals surface area contributed by atoms with Gasteiger partial charge in [-0.25, -0.2) is 4.79 Å². The Morgan fingerprint density at radius 2 is 1.65 bits per heavy atom. The number of alkyl halides is 3. The summed E-state index contributed by atoms with van der Waals surface area (Å²) in [5.74, 6) is 0.0949. The molecule has 0 aromatic heterocycles. The van der Waals surface area contributed by atoms with E-state index in [0.717, 1.165) is 33.8 Å². The van der Waals surface area contributed by atoms with Crippen LogP contribution >= 0.6 is 0 Å². The number of benzene rings is 3. The lowest BCUT2D eigenvalue weighted by Gasteiger charge is -2.23. The Hall–Kier alpha value is -3.94. The molecule has 0 amide bonds. The van der Waals surface area contributed by atoms with Gasteiger partial charge in [0, 0.05) is 23.1 Å². The molecule has 0 radical (unpaired) electrons. The molecule has 3 aromatic rings. The van der Waals surface area contributed by atoms with E-state index >= 15 is 0 Å². The molecule has 1 heterocycles. The molecule has 5 nitrogen and oxygen atoms in total. The molecule has 8 heteroatoms. The molecular weight excluding hydrogens is 407 g/mol. The monoisotopic (exact) mass is 427 g/mol. The highest BCUT2D eigenvalue weighted by Crippen LogP contribution is 2.30. The number of methoxy groups -OCH3 is 1. The van der Waals surface area contributed by atoms with Gasteiger partial charge in [-0.1, -0.05) is 42.5 Å². The van der Waals surface area contributed by atoms with E-state index in [1.165, 1.54) is 13.2 Å². The maximum atomic E-state index is 13.0. The van der Waals surface area contributed by atoms with Crippen LogP contribution in [0.5, 0.6) is 0 Å². The van der Waals surface area contributed by atoms with E-state index < -0.39 is 17.7 Å². The van der Waals surface area contributed by atoms with E-state index in [2.05, 4.69) is 16.2 Å². The normalized spacial score (nSPS) is 13.0. The Morgan fingerprint density at radius 1 is 0.935 bits per heavy atom. The van der Waals surface area contributed by atoms with Crippen LogP contribution in [0.25, 0.3) is 11.5 Å². The smallest absolute Gasteiger partial charge is 0.416 e. The Balaban J connectivity index is 0.00000289. The molecule has 3 N–H and O–H groups in total. The molecule has 0 saturated heterocycles. The highest BCUT2D eigenvalue weighted by molar-refractivity contribution is 5.89. The Morgan fingerprint density at radius 3 is 2.32 bits per heavy atom. The molecule has 0 spiro atoms. The SMILES string of the molecule is COC(=O)c1ccc(C2=c3ccccc3=C(Nc3cccc(C(F)(F)F)c3)NN2)cc1.[HH]. The van der Waals surface area contributed by atoms with Crippen LogP contribution in [0.1, 0.15) is 22.9 Å². The molecule has 0 unspecified atom stereocenters. The van der Waals surface area contributed by atoms with Crippen LogP contribution in [0.3, 0.4) is 0 Å². The van der Waals surface area contributed by atoms with Crippen molar-refractivity contribution in [2.45, 2.75) is 6.18 Å². The van der Waals surface area contributed by atoms with E-state index in [1.807, 2.05) is 24.3 Å². The van der Waals surface area contributed by atoms with E-state index in [0.29, 0.717) is 17.1 Å². The summed E-state index contributed by atoms with van der Waals surface area (Å²) in [6.07, 6.45) is -4.42. The summed E-state index contributed by atoms with van der Waals surface area (Å²) in [4.78, 5) is 11.7. The van der Waals surface area contributed by atoms with Crippen LogP contribution in [0.2, 0.25) is 0 Å². The van der Waals surface area contributed by atoms with Crippen molar-refractivity contribution in [2.75, 3.05) is 12.4 Å². The third-order valence-corrected chi connectivity index (χ3v) is 4.83. The van der Waals surface area contributed by atoms with Gasteiger partial charge in [0.05, 0.1) is 23.9 Å². The van der Waals surface area contributed by atoms with Gasteiger partial charge in [-0.3, -0.25) is 10.9 Å². The summed E-state index contributed by atoms with van der Waals surface area (Å²) in [5.41, 5.74) is 7.72. The van der Waals surface area contributed by atoms with Crippen molar-refractivity contribution in [3.05, 3.63) is 99.9 Å². The number of fused-ring (bicyclic) bond motifs is 1. The first-order chi connectivity index (χ1) is 14.9. The predicted octanol–water partition coefficient (Wildman–Crippen LogP) is 3.18. The molecule has 0 saturated carbocycles. The summed E-state index contributed by atoms with van der Waals surface area (Å²) < 4.78 is 43.8. The molecule has 160 valence electrons. The third kappa shape index (κ3) is 4.18. The van der Waals surface area contributed by atoms with Gasteiger partial charge in [0.1, 0.15) is 5.82 Å². The first-order valence-corrected chi connectivity index (χ1v) is 9.35. The van der Waals surface area contributed by atoms with E-state index in [1.54, 1.807) is 30.3 Å². The van der Waals surface area contributed by atoms with Crippen molar-refractivity contribution in [1.29, 1.82) is 0 Å². The van der Waals surface area contributed by atoms with Gasteiger partial charge in [-0.05, 0) is 30.3 Å². The molecule has 0 aliphatic carbocycles. The summed E-state index contributed by atoms with van der Waals surface area (Å²) in [7, 11) is 1.32. The van der Waals surface area contributed by atoms with E-state index in [9.17, 15) is 18.0 Å². The topological polar surface area (TPSA) is 62.4 Å². The zero-order valence-corrected chi connectivity index (χ0v) is 16.4. The molecule has 4 rings (SSSR count). The summed E-state index contributed by atoms with van der Waals surface area (Å²) in [6, 6.07) is 19.4. The molecule has 3 aromatic carbocycles. The number of carbonyl (C=O) groups excluding carboxylic acids is 1. The summed E-state index contributed by atoms with van der Waals surface area (Å²) in [5, 5.41) is 4.65. The lowest BCUT2D eigenvalue weighted by Crippen LogP contribution is -2.49. The van der Waals surface area contributed by atoms with E-state index in [4.69, 9.17) is 4.74 Å². The van der Waals surface area contributed by atoms with Crippen LogP contribution in [-0.2, 0) is 10.9 Å². The Kier molecular flexibility index (Phi) is 5.29. The maximum Gasteiger partial charge on any atom is 0.416 e.